The van der Waals surface area contributed by atoms with Crippen LogP contribution in [0.25, 0.3) is 0 Å². The quantitative estimate of drug-likeness (QED) is 0.441. The number of carbonyl (C=O) groups is 2. The maximum atomic E-state index is 13.2. The third kappa shape index (κ3) is 7.42. The fraction of sp³-hybridized carbons (Fsp3) is 0.440. The minimum atomic E-state index is -0.632. The van der Waals surface area contributed by atoms with Crippen LogP contribution in [0.4, 0.5) is 0 Å². The van der Waals surface area contributed by atoms with Crippen molar-refractivity contribution in [2.75, 3.05) is 13.2 Å². The van der Waals surface area contributed by atoms with Crippen molar-refractivity contribution < 1.29 is 14.3 Å². The third-order valence-electron chi connectivity index (χ3n) is 5.20. The number of nitrogens with zero attached hydrogens (tertiary/aromatic N) is 1. The Labute approximate surface area is 201 Å². The number of rotatable bonds is 11. The van der Waals surface area contributed by atoms with Gasteiger partial charge in [0.05, 0.1) is 0 Å². The van der Waals surface area contributed by atoms with Crippen LogP contribution in [0.3, 0.4) is 0 Å². The van der Waals surface area contributed by atoms with Gasteiger partial charge in [-0.05, 0) is 54.2 Å². The SMILES string of the molecule is CCCNC(=O)C(CC)N(Cc1ccc(Cl)cc1Cl)C(=O)COc1ccc(C(C)C)cc1. The van der Waals surface area contributed by atoms with Gasteiger partial charge in [-0.2, -0.15) is 0 Å². The van der Waals surface area contributed by atoms with Gasteiger partial charge in [-0.1, -0.05) is 69.1 Å². The first-order chi connectivity index (χ1) is 15.3. The average Bonchev–Trinajstić information content (AvgIpc) is 2.77. The first-order valence-corrected chi connectivity index (χ1v) is 11.8. The van der Waals surface area contributed by atoms with Crippen molar-refractivity contribution in [3.63, 3.8) is 0 Å². The van der Waals surface area contributed by atoms with Crippen LogP contribution >= 0.6 is 23.2 Å². The van der Waals surface area contributed by atoms with Crippen LogP contribution < -0.4 is 10.1 Å². The van der Waals surface area contributed by atoms with Gasteiger partial charge < -0.3 is 15.0 Å². The Kier molecular flexibility index (Phi) is 10.3. The number of hydrogen-bond donors (Lipinski definition) is 1. The molecular formula is C25H32Cl2N2O3. The summed E-state index contributed by atoms with van der Waals surface area (Å²) in [6.45, 7) is 8.66. The number of nitrogens with one attached hydrogen (secondary N) is 1. The van der Waals surface area contributed by atoms with Crippen LogP contribution in [0.5, 0.6) is 5.75 Å². The molecule has 2 aromatic carbocycles. The van der Waals surface area contributed by atoms with Crippen molar-refractivity contribution in [2.24, 2.45) is 0 Å². The highest BCUT2D eigenvalue weighted by atomic mass is 35.5. The van der Waals surface area contributed by atoms with Gasteiger partial charge in [-0.3, -0.25) is 9.59 Å². The molecule has 0 spiro atoms. The lowest BCUT2D eigenvalue weighted by molar-refractivity contribution is -0.143. The molecule has 0 aliphatic carbocycles. The Balaban J connectivity index is 2.21. The number of ether oxygens (including phenoxy) is 1. The summed E-state index contributed by atoms with van der Waals surface area (Å²) in [5.41, 5.74) is 1.91. The van der Waals surface area contributed by atoms with Crippen molar-refractivity contribution in [2.45, 2.75) is 59.0 Å². The first kappa shape index (κ1) is 26.0. The second-order valence-corrected chi connectivity index (χ2v) is 8.83. The van der Waals surface area contributed by atoms with Crippen molar-refractivity contribution >= 4 is 35.0 Å². The molecule has 2 rings (SSSR count). The van der Waals surface area contributed by atoms with E-state index in [-0.39, 0.29) is 25.0 Å². The first-order valence-electron chi connectivity index (χ1n) is 11.0. The summed E-state index contributed by atoms with van der Waals surface area (Å²) in [4.78, 5) is 27.5. The fourth-order valence-corrected chi connectivity index (χ4v) is 3.76. The van der Waals surface area contributed by atoms with Gasteiger partial charge in [0.1, 0.15) is 11.8 Å². The Morgan fingerprint density at radius 3 is 2.31 bits per heavy atom. The van der Waals surface area contributed by atoms with Gasteiger partial charge in [0, 0.05) is 23.1 Å². The molecule has 1 unspecified atom stereocenters. The Morgan fingerprint density at radius 1 is 1.06 bits per heavy atom. The predicted molar refractivity (Wildman–Crippen MR) is 130 cm³/mol. The highest BCUT2D eigenvalue weighted by molar-refractivity contribution is 6.35. The largest absolute Gasteiger partial charge is 0.484 e. The summed E-state index contributed by atoms with van der Waals surface area (Å²) in [5, 5.41) is 3.85. The molecule has 2 aromatic rings. The Morgan fingerprint density at radius 2 is 1.75 bits per heavy atom. The van der Waals surface area contributed by atoms with E-state index >= 15 is 0 Å². The highest BCUT2D eigenvalue weighted by Crippen LogP contribution is 2.24. The standard InChI is InChI=1S/C25H32Cl2N2O3/c1-5-13-28-25(31)23(6-2)29(15-19-7-10-20(26)14-22(19)27)24(30)16-32-21-11-8-18(9-12-21)17(3)4/h7-12,14,17,23H,5-6,13,15-16H2,1-4H3,(H,28,31). The molecule has 1 N–H and O–H groups in total. The number of benzene rings is 2. The van der Waals surface area contributed by atoms with Crippen molar-refractivity contribution in [1.29, 1.82) is 0 Å². The van der Waals surface area contributed by atoms with Crippen LogP contribution in [-0.4, -0.2) is 35.9 Å². The van der Waals surface area contributed by atoms with E-state index in [9.17, 15) is 9.59 Å². The topological polar surface area (TPSA) is 58.6 Å². The number of amides is 2. The lowest BCUT2D eigenvalue weighted by Gasteiger charge is -2.31. The lowest BCUT2D eigenvalue weighted by Crippen LogP contribution is -2.50. The predicted octanol–water partition coefficient (Wildman–Crippen LogP) is 5.83. The van der Waals surface area contributed by atoms with Crippen molar-refractivity contribution in [3.8, 4) is 5.75 Å². The summed E-state index contributed by atoms with van der Waals surface area (Å²) in [5.74, 6) is 0.546. The van der Waals surface area contributed by atoms with Crippen LogP contribution in [0.15, 0.2) is 42.5 Å². The monoisotopic (exact) mass is 478 g/mol. The zero-order valence-electron chi connectivity index (χ0n) is 19.2. The molecule has 0 aromatic heterocycles. The fourth-order valence-electron chi connectivity index (χ4n) is 3.30. The van der Waals surface area contributed by atoms with Crippen LogP contribution in [-0.2, 0) is 16.1 Å². The number of carbonyl (C=O) groups excluding carboxylic acids is 2. The van der Waals surface area contributed by atoms with Gasteiger partial charge in [0.25, 0.3) is 5.91 Å². The van der Waals surface area contributed by atoms with Gasteiger partial charge >= 0.3 is 0 Å². The molecule has 32 heavy (non-hydrogen) atoms. The molecule has 0 saturated heterocycles. The van der Waals surface area contributed by atoms with Crippen LogP contribution in [0, 0.1) is 0 Å². The molecule has 5 nitrogen and oxygen atoms in total. The molecular weight excluding hydrogens is 447 g/mol. The van der Waals surface area contributed by atoms with E-state index in [1.165, 1.54) is 10.5 Å². The lowest BCUT2D eigenvalue weighted by atomic mass is 10.0. The van der Waals surface area contributed by atoms with Gasteiger partial charge in [-0.25, -0.2) is 0 Å². The number of hydrogen-bond acceptors (Lipinski definition) is 3. The summed E-state index contributed by atoms with van der Waals surface area (Å²) < 4.78 is 5.75. The van der Waals surface area contributed by atoms with Crippen molar-refractivity contribution in [1.82, 2.24) is 10.2 Å². The van der Waals surface area contributed by atoms with E-state index in [2.05, 4.69) is 19.2 Å². The van der Waals surface area contributed by atoms with E-state index in [0.29, 0.717) is 40.2 Å². The molecule has 2 amide bonds. The van der Waals surface area contributed by atoms with E-state index in [1.54, 1.807) is 18.2 Å². The summed E-state index contributed by atoms with van der Waals surface area (Å²) >= 11 is 12.4. The van der Waals surface area contributed by atoms with Crippen LogP contribution in [0.2, 0.25) is 10.0 Å². The average molecular weight is 479 g/mol. The zero-order valence-corrected chi connectivity index (χ0v) is 20.7. The molecule has 0 heterocycles. The van der Waals surface area contributed by atoms with Crippen LogP contribution in [0.1, 0.15) is 57.6 Å². The van der Waals surface area contributed by atoms with Crippen molar-refractivity contribution in [3.05, 3.63) is 63.6 Å². The van der Waals surface area contributed by atoms with E-state index in [4.69, 9.17) is 27.9 Å². The highest BCUT2D eigenvalue weighted by Gasteiger charge is 2.29. The minimum absolute atomic E-state index is 0.177. The third-order valence-corrected chi connectivity index (χ3v) is 5.79. The smallest absolute Gasteiger partial charge is 0.261 e. The molecule has 174 valence electrons. The zero-order chi connectivity index (χ0) is 23.7. The van der Waals surface area contributed by atoms with E-state index in [1.807, 2.05) is 38.1 Å². The van der Waals surface area contributed by atoms with E-state index in [0.717, 1.165) is 6.42 Å². The molecule has 7 heteroatoms. The Hall–Kier alpha value is -2.24. The molecule has 0 fully saturated rings. The number of halogens is 2. The minimum Gasteiger partial charge on any atom is -0.484 e. The molecule has 0 aliphatic rings. The maximum Gasteiger partial charge on any atom is 0.261 e. The van der Waals surface area contributed by atoms with Gasteiger partial charge in [0.2, 0.25) is 5.91 Å². The summed E-state index contributed by atoms with van der Waals surface area (Å²) in [7, 11) is 0. The molecule has 0 aliphatic heterocycles. The second kappa shape index (κ2) is 12.7. The Bertz CT molecular complexity index is 901. The van der Waals surface area contributed by atoms with Gasteiger partial charge in [0.15, 0.2) is 6.61 Å². The molecule has 1 atom stereocenters. The maximum absolute atomic E-state index is 13.2. The second-order valence-electron chi connectivity index (χ2n) is 7.98. The van der Waals surface area contributed by atoms with Gasteiger partial charge in [-0.15, -0.1) is 0 Å². The molecule has 0 saturated carbocycles. The molecule has 0 bridgehead atoms. The summed E-state index contributed by atoms with van der Waals surface area (Å²) in [6.07, 6.45) is 1.28. The van der Waals surface area contributed by atoms with E-state index < -0.39 is 6.04 Å². The molecule has 0 radical (unpaired) electrons. The normalized spacial score (nSPS) is 11.8. The summed E-state index contributed by atoms with van der Waals surface area (Å²) in [6, 6.07) is 12.2.